The molecule has 0 aliphatic carbocycles. The van der Waals surface area contributed by atoms with Crippen molar-refractivity contribution in [3.05, 3.63) is 71.8 Å². The molecule has 0 spiro atoms. The van der Waals surface area contributed by atoms with E-state index in [1.165, 1.54) is 0 Å². The van der Waals surface area contributed by atoms with Gasteiger partial charge in [0.15, 0.2) is 18.4 Å². The van der Waals surface area contributed by atoms with E-state index in [1.54, 1.807) is 32.4 Å². The Labute approximate surface area is 178 Å². The van der Waals surface area contributed by atoms with Gasteiger partial charge in [0.05, 0.1) is 6.54 Å². The predicted molar refractivity (Wildman–Crippen MR) is 111 cm³/mol. The van der Waals surface area contributed by atoms with Crippen LogP contribution in [0.4, 0.5) is 13.2 Å². The van der Waals surface area contributed by atoms with Crippen LogP contribution in [0.3, 0.4) is 0 Å². The number of aryl methyl sites for hydroxylation is 1. The lowest BCUT2D eigenvalue weighted by Crippen LogP contribution is -2.37. The van der Waals surface area contributed by atoms with Crippen LogP contribution < -0.4 is 15.4 Å². The van der Waals surface area contributed by atoms with Crippen LogP contribution in [0, 0.1) is 6.92 Å². The molecule has 3 rings (SSSR count). The SMILES string of the molecule is CN=C(NCc1ccc(C)cc1OCC(F)(F)F)NCc1nncn1-c1ccccc1. The maximum absolute atomic E-state index is 12.5. The Morgan fingerprint density at radius 3 is 2.55 bits per heavy atom. The highest BCUT2D eigenvalue weighted by atomic mass is 19.4. The van der Waals surface area contributed by atoms with Gasteiger partial charge in [-0.1, -0.05) is 30.3 Å². The smallest absolute Gasteiger partial charge is 0.422 e. The van der Waals surface area contributed by atoms with E-state index in [4.69, 9.17) is 4.74 Å². The van der Waals surface area contributed by atoms with Crippen molar-refractivity contribution in [1.29, 1.82) is 0 Å². The average molecular weight is 432 g/mol. The number of alkyl halides is 3. The summed E-state index contributed by atoms with van der Waals surface area (Å²) in [5, 5.41) is 14.3. The fraction of sp³-hybridized carbons (Fsp3) is 0.286. The van der Waals surface area contributed by atoms with Gasteiger partial charge in [0.1, 0.15) is 12.1 Å². The number of para-hydroxylation sites is 1. The van der Waals surface area contributed by atoms with Crippen molar-refractivity contribution >= 4 is 5.96 Å². The van der Waals surface area contributed by atoms with E-state index >= 15 is 0 Å². The molecule has 7 nitrogen and oxygen atoms in total. The number of rotatable bonds is 7. The van der Waals surface area contributed by atoms with Crippen LogP contribution in [-0.2, 0) is 13.1 Å². The van der Waals surface area contributed by atoms with E-state index in [9.17, 15) is 13.2 Å². The average Bonchev–Trinajstić information content (AvgIpc) is 3.22. The highest BCUT2D eigenvalue weighted by molar-refractivity contribution is 5.79. The fourth-order valence-electron chi connectivity index (χ4n) is 2.85. The fourth-order valence-corrected chi connectivity index (χ4v) is 2.85. The van der Waals surface area contributed by atoms with Crippen molar-refractivity contribution in [1.82, 2.24) is 25.4 Å². The zero-order valence-electron chi connectivity index (χ0n) is 17.1. The number of hydrogen-bond donors (Lipinski definition) is 2. The molecule has 0 aliphatic heterocycles. The van der Waals surface area contributed by atoms with Crippen LogP contribution in [0.15, 0.2) is 59.9 Å². The number of aromatic nitrogens is 3. The third-order valence-electron chi connectivity index (χ3n) is 4.35. The Morgan fingerprint density at radius 2 is 1.84 bits per heavy atom. The van der Waals surface area contributed by atoms with Crippen LogP contribution in [0.1, 0.15) is 17.0 Å². The maximum Gasteiger partial charge on any atom is 0.422 e. The second-order valence-electron chi connectivity index (χ2n) is 6.75. The normalized spacial score (nSPS) is 12.0. The second-order valence-corrected chi connectivity index (χ2v) is 6.75. The molecule has 0 bridgehead atoms. The summed E-state index contributed by atoms with van der Waals surface area (Å²) in [7, 11) is 1.60. The molecule has 0 atom stereocenters. The molecule has 1 heterocycles. The van der Waals surface area contributed by atoms with E-state index in [2.05, 4.69) is 25.8 Å². The first kappa shape index (κ1) is 22.1. The van der Waals surface area contributed by atoms with Gasteiger partial charge < -0.3 is 15.4 Å². The number of nitrogens with one attached hydrogen (secondary N) is 2. The van der Waals surface area contributed by atoms with Gasteiger partial charge in [0.25, 0.3) is 0 Å². The highest BCUT2D eigenvalue weighted by Gasteiger charge is 2.28. The molecule has 0 fully saturated rings. The van der Waals surface area contributed by atoms with E-state index in [1.807, 2.05) is 41.0 Å². The third kappa shape index (κ3) is 6.46. The summed E-state index contributed by atoms with van der Waals surface area (Å²) in [6.07, 6.45) is -2.78. The van der Waals surface area contributed by atoms with E-state index in [0.29, 0.717) is 23.9 Å². The van der Waals surface area contributed by atoms with Crippen molar-refractivity contribution in [3.63, 3.8) is 0 Å². The van der Waals surface area contributed by atoms with Crippen LogP contribution in [0.2, 0.25) is 0 Å². The monoisotopic (exact) mass is 432 g/mol. The molecule has 2 N–H and O–H groups in total. The largest absolute Gasteiger partial charge is 0.484 e. The minimum atomic E-state index is -4.40. The minimum absolute atomic E-state index is 0.184. The molecule has 1 aromatic heterocycles. The lowest BCUT2D eigenvalue weighted by molar-refractivity contribution is -0.153. The number of nitrogens with zero attached hydrogens (tertiary/aromatic N) is 4. The van der Waals surface area contributed by atoms with Crippen molar-refractivity contribution < 1.29 is 17.9 Å². The molecular formula is C21H23F3N6O. The molecule has 0 amide bonds. The lowest BCUT2D eigenvalue weighted by Gasteiger charge is -2.16. The molecule has 3 aromatic rings. The van der Waals surface area contributed by atoms with E-state index in [-0.39, 0.29) is 12.3 Å². The molecule has 0 aliphatic rings. The first-order chi connectivity index (χ1) is 14.9. The van der Waals surface area contributed by atoms with Crippen LogP contribution in [-0.4, -0.2) is 40.6 Å². The summed E-state index contributed by atoms with van der Waals surface area (Å²) >= 11 is 0. The Balaban J connectivity index is 1.62. The number of aliphatic imine (C=N–C) groups is 1. The van der Waals surface area contributed by atoms with Crippen molar-refractivity contribution in [2.75, 3.05) is 13.7 Å². The van der Waals surface area contributed by atoms with E-state index < -0.39 is 12.8 Å². The molecule has 0 saturated heterocycles. The Bertz CT molecular complexity index is 1020. The zero-order chi connectivity index (χ0) is 22.3. The summed E-state index contributed by atoms with van der Waals surface area (Å²) in [6, 6.07) is 14.8. The molecule has 0 saturated carbocycles. The van der Waals surface area contributed by atoms with Gasteiger partial charge >= 0.3 is 6.18 Å². The quantitative estimate of drug-likeness (QED) is 0.442. The first-order valence-corrected chi connectivity index (χ1v) is 9.53. The third-order valence-corrected chi connectivity index (χ3v) is 4.35. The molecular weight excluding hydrogens is 409 g/mol. The van der Waals surface area contributed by atoms with E-state index in [0.717, 1.165) is 11.3 Å². The Hall–Kier alpha value is -3.56. The number of ether oxygens (including phenoxy) is 1. The first-order valence-electron chi connectivity index (χ1n) is 9.53. The highest BCUT2D eigenvalue weighted by Crippen LogP contribution is 2.23. The van der Waals surface area contributed by atoms with Gasteiger partial charge in [-0.15, -0.1) is 10.2 Å². The van der Waals surface area contributed by atoms with Gasteiger partial charge in [-0.3, -0.25) is 9.56 Å². The number of hydrogen-bond acceptors (Lipinski definition) is 4. The Morgan fingerprint density at radius 1 is 1.10 bits per heavy atom. The topological polar surface area (TPSA) is 76.4 Å². The Kier molecular flexibility index (Phi) is 7.11. The number of benzene rings is 2. The summed E-state index contributed by atoms with van der Waals surface area (Å²) < 4.78 is 44.5. The van der Waals surface area contributed by atoms with Crippen LogP contribution in [0.5, 0.6) is 5.75 Å². The summed E-state index contributed by atoms with van der Waals surface area (Å²) in [5.41, 5.74) is 2.33. The number of halogens is 3. The zero-order valence-corrected chi connectivity index (χ0v) is 17.1. The molecule has 10 heteroatoms. The van der Waals surface area contributed by atoms with Gasteiger partial charge in [0.2, 0.25) is 0 Å². The molecule has 164 valence electrons. The van der Waals surface area contributed by atoms with Gasteiger partial charge in [-0.05, 0) is 30.7 Å². The molecule has 2 aromatic carbocycles. The molecule has 31 heavy (non-hydrogen) atoms. The predicted octanol–water partition coefficient (Wildman–Crippen LogP) is 3.38. The summed E-state index contributed by atoms with van der Waals surface area (Å²) in [4.78, 5) is 4.15. The standard InChI is InChI=1S/C21H23F3N6O/c1-15-8-9-16(18(10-15)31-13-21(22,23)24)11-26-20(25-2)27-12-19-29-28-14-30(19)17-6-4-3-5-7-17/h3-10,14H,11-13H2,1-2H3,(H2,25,26,27). The lowest BCUT2D eigenvalue weighted by atomic mass is 10.1. The summed E-state index contributed by atoms with van der Waals surface area (Å²) in [6.45, 7) is 1.03. The molecule has 0 radical (unpaired) electrons. The van der Waals surface area contributed by atoms with Crippen molar-refractivity contribution in [3.8, 4) is 11.4 Å². The molecule has 0 unspecified atom stereocenters. The van der Waals surface area contributed by atoms with Crippen LogP contribution >= 0.6 is 0 Å². The van der Waals surface area contributed by atoms with Gasteiger partial charge in [0, 0.05) is 24.8 Å². The van der Waals surface area contributed by atoms with Crippen molar-refractivity contribution in [2.24, 2.45) is 4.99 Å². The minimum Gasteiger partial charge on any atom is -0.484 e. The number of guanidine groups is 1. The van der Waals surface area contributed by atoms with Gasteiger partial charge in [-0.2, -0.15) is 13.2 Å². The second kappa shape index (κ2) is 9.96. The maximum atomic E-state index is 12.5. The van der Waals surface area contributed by atoms with Gasteiger partial charge in [-0.25, -0.2) is 0 Å². The van der Waals surface area contributed by atoms with Crippen LogP contribution in [0.25, 0.3) is 5.69 Å². The summed E-state index contributed by atoms with van der Waals surface area (Å²) in [5.74, 6) is 1.33. The van der Waals surface area contributed by atoms with Crippen molar-refractivity contribution in [2.45, 2.75) is 26.2 Å².